The summed E-state index contributed by atoms with van der Waals surface area (Å²) < 4.78 is 1.89. The number of pyridine rings is 1. The number of aromatic nitrogens is 4. The van der Waals surface area contributed by atoms with Crippen LogP contribution in [0.3, 0.4) is 0 Å². The van der Waals surface area contributed by atoms with Gasteiger partial charge in [0.15, 0.2) is 11.0 Å². The first-order chi connectivity index (χ1) is 14.5. The third-order valence-electron chi connectivity index (χ3n) is 4.40. The predicted molar refractivity (Wildman–Crippen MR) is 116 cm³/mol. The van der Waals surface area contributed by atoms with E-state index < -0.39 is 0 Å². The molecule has 0 radical (unpaired) electrons. The maximum Gasteiger partial charge on any atom is 0.251 e. The minimum absolute atomic E-state index is 0.163. The molecule has 1 aromatic carbocycles. The van der Waals surface area contributed by atoms with Crippen LogP contribution in [-0.4, -0.2) is 37.3 Å². The molecule has 0 spiro atoms. The lowest BCUT2D eigenvalue weighted by molar-refractivity contribution is -0.113. The Kier molecular flexibility index (Phi) is 7.18. The fourth-order valence-corrected chi connectivity index (χ4v) is 3.66. The molecule has 0 saturated heterocycles. The lowest BCUT2D eigenvalue weighted by atomic mass is 10.1. The van der Waals surface area contributed by atoms with E-state index in [1.54, 1.807) is 12.3 Å². The Labute approximate surface area is 179 Å². The summed E-state index contributed by atoms with van der Waals surface area (Å²) in [6.07, 6.45) is 1.64. The molecule has 0 atom stereocenters. The second kappa shape index (κ2) is 10.0. The van der Waals surface area contributed by atoms with Crippen LogP contribution >= 0.6 is 11.8 Å². The Morgan fingerprint density at radius 2 is 1.97 bits per heavy atom. The zero-order chi connectivity index (χ0) is 21.5. The van der Waals surface area contributed by atoms with Crippen molar-refractivity contribution in [2.45, 2.75) is 39.0 Å². The Morgan fingerprint density at radius 1 is 1.13 bits per heavy atom. The number of hydrogen-bond donors (Lipinski definition) is 2. The van der Waals surface area contributed by atoms with Crippen molar-refractivity contribution in [2.75, 3.05) is 11.1 Å². The fourth-order valence-electron chi connectivity index (χ4n) is 2.84. The van der Waals surface area contributed by atoms with Crippen LogP contribution in [0.4, 0.5) is 5.82 Å². The summed E-state index contributed by atoms with van der Waals surface area (Å²) in [5.74, 6) is 1.05. The van der Waals surface area contributed by atoms with Crippen LogP contribution in [0.1, 0.15) is 34.2 Å². The van der Waals surface area contributed by atoms with E-state index >= 15 is 0 Å². The normalized spacial score (nSPS) is 10.6. The highest BCUT2D eigenvalue weighted by atomic mass is 32.2. The lowest BCUT2D eigenvalue weighted by Crippen LogP contribution is -2.25. The Balaban J connectivity index is 1.58. The summed E-state index contributed by atoms with van der Waals surface area (Å²) in [6, 6.07) is 11.1. The van der Waals surface area contributed by atoms with E-state index in [-0.39, 0.29) is 24.1 Å². The van der Waals surface area contributed by atoms with Gasteiger partial charge in [0.2, 0.25) is 5.91 Å². The molecule has 30 heavy (non-hydrogen) atoms. The van der Waals surface area contributed by atoms with Gasteiger partial charge in [0.1, 0.15) is 5.82 Å². The maximum atomic E-state index is 12.4. The second-order valence-electron chi connectivity index (χ2n) is 6.70. The number of carbonyl (C=O) groups excluding carboxylic acids is 2. The highest BCUT2D eigenvalue weighted by molar-refractivity contribution is 7.99. The number of amides is 2. The van der Waals surface area contributed by atoms with Gasteiger partial charge >= 0.3 is 0 Å². The Hall–Kier alpha value is -3.20. The standard InChI is InChI=1S/C21H24N6O2S/c1-4-27-17(12-23-20(29)16-9-5-7-14(2)11-16)25-26-21(27)30-13-18(28)24-19-15(3)8-6-10-22-19/h5-11H,4,12-13H2,1-3H3,(H,23,29)(H,22,24,28). The summed E-state index contributed by atoms with van der Waals surface area (Å²) in [4.78, 5) is 28.8. The second-order valence-corrected chi connectivity index (χ2v) is 7.64. The van der Waals surface area contributed by atoms with Gasteiger partial charge in [0.05, 0.1) is 12.3 Å². The molecule has 0 unspecified atom stereocenters. The van der Waals surface area contributed by atoms with Crippen LogP contribution in [0, 0.1) is 13.8 Å². The Bertz CT molecular complexity index is 1050. The molecule has 3 aromatic rings. The topological polar surface area (TPSA) is 102 Å². The van der Waals surface area contributed by atoms with Gasteiger partial charge in [-0.3, -0.25) is 9.59 Å². The number of nitrogens with one attached hydrogen (secondary N) is 2. The van der Waals surface area contributed by atoms with Crippen LogP contribution in [0.15, 0.2) is 47.8 Å². The van der Waals surface area contributed by atoms with Gasteiger partial charge in [-0.1, -0.05) is 35.5 Å². The first kappa shape index (κ1) is 21.5. The number of benzene rings is 1. The van der Waals surface area contributed by atoms with E-state index in [4.69, 9.17) is 0 Å². The number of thioether (sulfide) groups is 1. The lowest BCUT2D eigenvalue weighted by Gasteiger charge is -2.09. The molecule has 3 rings (SSSR count). The molecule has 2 heterocycles. The molecular weight excluding hydrogens is 400 g/mol. The summed E-state index contributed by atoms with van der Waals surface area (Å²) in [5.41, 5.74) is 2.53. The van der Waals surface area contributed by atoms with Gasteiger partial charge in [0.25, 0.3) is 5.91 Å². The van der Waals surface area contributed by atoms with E-state index in [9.17, 15) is 9.59 Å². The summed E-state index contributed by atoms with van der Waals surface area (Å²) in [6.45, 7) is 6.69. The van der Waals surface area contributed by atoms with E-state index in [0.29, 0.717) is 28.9 Å². The van der Waals surface area contributed by atoms with Gasteiger partial charge in [-0.25, -0.2) is 4.98 Å². The van der Waals surface area contributed by atoms with Gasteiger partial charge < -0.3 is 15.2 Å². The molecule has 0 saturated carbocycles. The van der Waals surface area contributed by atoms with Crippen molar-refractivity contribution in [1.82, 2.24) is 25.1 Å². The largest absolute Gasteiger partial charge is 0.345 e. The number of nitrogens with zero attached hydrogens (tertiary/aromatic N) is 4. The van der Waals surface area contributed by atoms with Crippen molar-refractivity contribution >= 4 is 29.4 Å². The van der Waals surface area contributed by atoms with E-state index in [1.165, 1.54) is 11.8 Å². The molecule has 9 heteroatoms. The molecule has 0 aliphatic rings. The van der Waals surface area contributed by atoms with E-state index in [1.807, 2.05) is 55.7 Å². The molecule has 8 nitrogen and oxygen atoms in total. The average Bonchev–Trinajstić information content (AvgIpc) is 3.14. The number of anilines is 1. The van der Waals surface area contributed by atoms with Crippen LogP contribution in [0.25, 0.3) is 0 Å². The van der Waals surface area contributed by atoms with Gasteiger partial charge in [0, 0.05) is 18.3 Å². The molecule has 0 aliphatic heterocycles. The zero-order valence-electron chi connectivity index (χ0n) is 17.2. The fraction of sp³-hybridized carbons (Fsp3) is 0.286. The van der Waals surface area contributed by atoms with Crippen LogP contribution in [-0.2, 0) is 17.9 Å². The van der Waals surface area contributed by atoms with Gasteiger partial charge in [-0.2, -0.15) is 0 Å². The van der Waals surface area contributed by atoms with Crippen LogP contribution in [0.2, 0.25) is 0 Å². The monoisotopic (exact) mass is 424 g/mol. The SMILES string of the molecule is CCn1c(CNC(=O)c2cccc(C)c2)nnc1SCC(=O)Nc1ncccc1C. The molecule has 0 aliphatic carbocycles. The summed E-state index contributed by atoms with van der Waals surface area (Å²) >= 11 is 1.30. The first-order valence-electron chi connectivity index (χ1n) is 9.59. The van der Waals surface area contributed by atoms with Crippen LogP contribution in [0.5, 0.6) is 0 Å². The molecule has 2 N–H and O–H groups in total. The van der Waals surface area contributed by atoms with Crippen molar-refractivity contribution in [3.8, 4) is 0 Å². The minimum Gasteiger partial charge on any atom is -0.345 e. The van der Waals surface area contributed by atoms with Crippen molar-refractivity contribution in [3.05, 3.63) is 65.1 Å². The van der Waals surface area contributed by atoms with Crippen molar-refractivity contribution in [2.24, 2.45) is 0 Å². The minimum atomic E-state index is -0.165. The molecule has 156 valence electrons. The number of carbonyl (C=O) groups is 2. The number of hydrogen-bond acceptors (Lipinski definition) is 6. The highest BCUT2D eigenvalue weighted by Crippen LogP contribution is 2.18. The van der Waals surface area contributed by atoms with Crippen molar-refractivity contribution in [1.29, 1.82) is 0 Å². The molecule has 0 bridgehead atoms. The van der Waals surface area contributed by atoms with E-state index in [0.717, 1.165) is 11.1 Å². The predicted octanol–water partition coefficient (Wildman–Crippen LogP) is 2.97. The maximum absolute atomic E-state index is 12.4. The summed E-state index contributed by atoms with van der Waals surface area (Å²) in [5, 5.41) is 14.7. The van der Waals surface area contributed by atoms with E-state index in [2.05, 4.69) is 25.8 Å². The highest BCUT2D eigenvalue weighted by Gasteiger charge is 2.15. The Morgan fingerprint density at radius 3 is 2.70 bits per heavy atom. The average molecular weight is 425 g/mol. The summed E-state index contributed by atoms with van der Waals surface area (Å²) in [7, 11) is 0. The van der Waals surface area contributed by atoms with Crippen molar-refractivity contribution < 1.29 is 9.59 Å². The molecule has 2 aromatic heterocycles. The first-order valence-corrected chi connectivity index (χ1v) is 10.6. The third-order valence-corrected chi connectivity index (χ3v) is 5.36. The molecule has 2 amide bonds. The third kappa shape index (κ3) is 5.44. The number of aryl methyl sites for hydroxylation is 2. The van der Waals surface area contributed by atoms with Gasteiger partial charge in [-0.15, -0.1) is 10.2 Å². The quantitative estimate of drug-likeness (QED) is 0.539. The van der Waals surface area contributed by atoms with Crippen LogP contribution < -0.4 is 10.6 Å². The smallest absolute Gasteiger partial charge is 0.251 e. The van der Waals surface area contributed by atoms with Crippen molar-refractivity contribution in [3.63, 3.8) is 0 Å². The zero-order valence-corrected chi connectivity index (χ0v) is 18.0. The molecule has 0 fully saturated rings. The van der Waals surface area contributed by atoms with Gasteiger partial charge in [-0.05, 0) is 44.5 Å². The number of rotatable bonds is 8. The molecular formula is C21H24N6O2S.